The van der Waals surface area contributed by atoms with Crippen LogP contribution in [0.3, 0.4) is 0 Å². The largest absolute Gasteiger partial charge is 0.336 e. The van der Waals surface area contributed by atoms with Gasteiger partial charge in [0.15, 0.2) is 0 Å². The molecule has 0 saturated carbocycles. The highest BCUT2D eigenvalue weighted by molar-refractivity contribution is 5.40. The quantitative estimate of drug-likeness (QED) is 0.782. The van der Waals surface area contributed by atoms with E-state index < -0.39 is 18.9 Å². The fourth-order valence-corrected chi connectivity index (χ4v) is 2.39. The van der Waals surface area contributed by atoms with Crippen molar-refractivity contribution in [1.82, 2.24) is 0 Å². The lowest BCUT2D eigenvalue weighted by molar-refractivity contribution is -0.158. The summed E-state index contributed by atoms with van der Waals surface area (Å²) < 4.78 is 42.0. The van der Waals surface area contributed by atoms with Crippen molar-refractivity contribution < 1.29 is 17.9 Å². The predicted octanol–water partition coefficient (Wildman–Crippen LogP) is 3.81. The minimum atomic E-state index is -3.08. The lowest BCUT2D eigenvalue weighted by Gasteiger charge is -2.18. The van der Waals surface area contributed by atoms with E-state index in [1.165, 1.54) is 0 Å². The Bertz CT molecular complexity index is 392. The molecule has 0 aliphatic heterocycles. The summed E-state index contributed by atoms with van der Waals surface area (Å²) in [6, 6.07) is 5.84. The van der Waals surface area contributed by atoms with Crippen LogP contribution >= 0.6 is 0 Å². The lowest BCUT2D eigenvalue weighted by atomic mass is 10.0. The van der Waals surface area contributed by atoms with Crippen LogP contribution < -0.4 is 0 Å². The summed E-state index contributed by atoms with van der Waals surface area (Å²) >= 11 is 0. The number of ether oxygens (including phenoxy) is 1. The second-order valence-electron chi connectivity index (χ2n) is 4.19. The number of hydrogen-bond acceptors (Lipinski definition) is 1. The van der Waals surface area contributed by atoms with E-state index in [9.17, 15) is 13.2 Å². The van der Waals surface area contributed by atoms with Gasteiger partial charge in [-0.2, -0.15) is 0 Å². The molecule has 0 aromatic heterocycles. The molecule has 0 heterocycles. The van der Waals surface area contributed by atoms with E-state index in [0.717, 1.165) is 29.5 Å². The first kappa shape index (κ1) is 12.4. The van der Waals surface area contributed by atoms with Crippen molar-refractivity contribution in [2.45, 2.75) is 45.1 Å². The molecule has 2 rings (SSSR count). The fourth-order valence-electron chi connectivity index (χ4n) is 2.39. The maximum atomic E-state index is 12.9. The highest BCUT2D eigenvalue weighted by Crippen LogP contribution is 2.38. The minimum Gasteiger partial charge on any atom is -0.336 e. The van der Waals surface area contributed by atoms with Gasteiger partial charge >= 0.3 is 0 Å². The average molecular weight is 244 g/mol. The molecule has 0 bridgehead atoms. The third-order valence-corrected chi connectivity index (χ3v) is 3.16. The summed E-state index contributed by atoms with van der Waals surface area (Å²) in [5.74, 6) is 0. The van der Waals surface area contributed by atoms with Crippen molar-refractivity contribution in [1.29, 1.82) is 0 Å². The van der Waals surface area contributed by atoms with Gasteiger partial charge in [0.1, 0.15) is 0 Å². The third-order valence-electron chi connectivity index (χ3n) is 3.16. The molecule has 1 aliphatic carbocycles. The zero-order chi connectivity index (χ0) is 12.4. The maximum Gasteiger partial charge on any atom is 0.293 e. The van der Waals surface area contributed by atoms with Gasteiger partial charge in [-0.25, -0.2) is 13.2 Å². The summed E-state index contributed by atoms with van der Waals surface area (Å²) in [6.07, 6.45) is -3.94. The van der Waals surface area contributed by atoms with E-state index >= 15 is 0 Å². The van der Waals surface area contributed by atoms with Gasteiger partial charge in [-0.15, -0.1) is 0 Å². The Labute approximate surface area is 98.6 Å². The number of halogens is 3. The van der Waals surface area contributed by atoms with Gasteiger partial charge in [-0.3, -0.25) is 0 Å². The Morgan fingerprint density at radius 1 is 1.35 bits per heavy atom. The number of rotatable bonds is 4. The van der Waals surface area contributed by atoms with Crippen LogP contribution in [-0.4, -0.2) is 12.8 Å². The number of fused-ring (bicyclic) bond motifs is 1. The smallest absolute Gasteiger partial charge is 0.293 e. The van der Waals surface area contributed by atoms with E-state index in [1.54, 1.807) is 0 Å². The van der Waals surface area contributed by atoms with E-state index in [0.29, 0.717) is 6.42 Å². The molecule has 0 saturated heterocycles. The predicted molar refractivity (Wildman–Crippen MR) is 58.9 cm³/mol. The summed E-state index contributed by atoms with van der Waals surface area (Å²) in [7, 11) is 0. The summed E-state index contributed by atoms with van der Waals surface area (Å²) in [6.45, 7) is 1.99. The van der Waals surface area contributed by atoms with Crippen molar-refractivity contribution in [3.05, 3.63) is 34.9 Å². The standard InChI is InChI=1S/C13H15F3O/c1-2-8-4-3-5-9-6-7-10(11(8)9)17-13(16)12(14)15/h3-5,10,12-13H,2,6-7H2,1H3. The van der Waals surface area contributed by atoms with Gasteiger partial charge in [0, 0.05) is 0 Å². The SMILES string of the molecule is CCc1cccc2c1C(OC(F)C(F)F)CC2. The topological polar surface area (TPSA) is 9.23 Å². The van der Waals surface area contributed by atoms with Gasteiger partial charge in [-0.05, 0) is 36.0 Å². The minimum absolute atomic E-state index is 0.523. The molecule has 4 heteroatoms. The molecule has 1 aliphatic rings. The van der Waals surface area contributed by atoms with Gasteiger partial charge in [0.2, 0.25) is 0 Å². The molecule has 0 N–H and O–H groups in total. The Morgan fingerprint density at radius 3 is 2.76 bits per heavy atom. The molecule has 2 atom stereocenters. The van der Waals surface area contributed by atoms with Crippen molar-refractivity contribution in [3.8, 4) is 0 Å². The molecule has 0 fully saturated rings. The molecule has 1 aromatic rings. The van der Waals surface area contributed by atoms with Gasteiger partial charge in [-0.1, -0.05) is 25.1 Å². The van der Waals surface area contributed by atoms with Gasteiger partial charge < -0.3 is 4.74 Å². The Morgan fingerprint density at radius 2 is 2.12 bits per heavy atom. The Balaban J connectivity index is 2.21. The van der Waals surface area contributed by atoms with E-state index in [-0.39, 0.29) is 0 Å². The zero-order valence-electron chi connectivity index (χ0n) is 9.63. The zero-order valence-corrected chi connectivity index (χ0v) is 9.63. The molecule has 0 spiro atoms. The first-order valence-electron chi connectivity index (χ1n) is 5.81. The number of hydrogen-bond donors (Lipinski definition) is 0. The number of alkyl halides is 3. The second kappa shape index (κ2) is 5.08. The number of aryl methyl sites for hydroxylation is 2. The van der Waals surface area contributed by atoms with Crippen LogP contribution in [0.5, 0.6) is 0 Å². The maximum absolute atomic E-state index is 12.9. The van der Waals surface area contributed by atoms with E-state index in [2.05, 4.69) is 0 Å². The Hall–Kier alpha value is -1.03. The summed E-state index contributed by atoms with van der Waals surface area (Å²) in [5, 5.41) is 0. The van der Waals surface area contributed by atoms with E-state index in [1.807, 2.05) is 25.1 Å². The van der Waals surface area contributed by atoms with Gasteiger partial charge in [0.25, 0.3) is 12.8 Å². The van der Waals surface area contributed by atoms with Crippen LogP contribution in [0.25, 0.3) is 0 Å². The van der Waals surface area contributed by atoms with Crippen LogP contribution in [0.2, 0.25) is 0 Å². The van der Waals surface area contributed by atoms with Crippen LogP contribution in [0, 0.1) is 0 Å². The fraction of sp³-hybridized carbons (Fsp3) is 0.538. The normalized spacial score (nSPS) is 20.6. The van der Waals surface area contributed by atoms with Crippen molar-refractivity contribution >= 4 is 0 Å². The number of benzene rings is 1. The monoisotopic (exact) mass is 244 g/mol. The van der Waals surface area contributed by atoms with Crippen LogP contribution in [0.1, 0.15) is 36.1 Å². The molecule has 0 radical (unpaired) electrons. The summed E-state index contributed by atoms with van der Waals surface area (Å²) in [4.78, 5) is 0. The molecule has 2 unspecified atom stereocenters. The first-order valence-corrected chi connectivity index (χ1v) is 5.81. The molecular weight excluding hydrogens is 229 g/mol. The third kappa shape index (κ3) is 2.46. The summed E-state index contributed by atoms with van der Waals surface area (Å²) in [5.41, 5.74) is 3.07. The first-order chi connectivity index (χ1) is 8.13. The van der Waals surface area contributed by atoms with Crippen LogP contribution in [0.15, 0.2) is 18.2 Å². The Kier molecular flexibility index (Phi) is 3.72. The molecule has 17 heavy (non-hydrogen) atoms. The highest BCUT2D eigenvalue weighted by atomic mass is 19.3. The van der Waals surface area contributed by atoms with Crippen molar-refractivity contribution in [3.63, 3.8) is 0 Å². The van der Waals surface area contributed by atoms with E-state index in [4.69, 9.17) is 4.74 Å². The lowest BCUT2D eigenvalue weighted by Crippen LogP contribution is -2.19. The van der Waals surface area contributed by atoms with Crippen LogP contribution in [-0.2, 0) is 17.6 Å². The molecule has 0 amide bonds. The average Bonchev–Trinajstić information content (AvgIpc) is 2.72. The second-order valence-corrected chi connectivity index (χ2v) is 4.19. The van der Waals surface area contributed by atoms with Crippen molar-refractivity contribution in [2.75, 3.05) is 0 Å². The highest BCUT2D eigenvalue weighted by Gasteiger charge is 2.31. The van der Waals surface area contributed by atoms with Crippen LogP contribution in [0.4, 0.5) is 13.2 Å². The molecule has 1 nitrogen and oxygen atoms in total. The molecule has 1 aromatic carbocycles. The molecule has 94 valence electrons. The van der Waals surface area contributed by atoms with Gasteiger partial charge in [0.05, 0.1) is 6.10 Å². The molecular formula is C13H15F3O. The van der Waals surface area contributed by atoms with Crippen molar-refractivity contribution in [2.24, 2.45) is 0 Å².